The minimum atomic E-state index is -0.774. The molecule has 1 aromatic carbocycles. The first-order valence-corrected chi connectivity index (χ1v) is 3.68. The lowest BCUT2D eigenvalue weighted by Crippen LogP contribution is -1.96. The quantitative estimate of drug-likeness (QED) is 0.630. The molecular formula is C9H6F2N2. The number of hydrogen-bond donors (Lipinski definition) is 1. The second-order valence-corrected chi connectivity index (χ2v) is 2.65. The van der Waals surface area contributed by atoms with Crippen molar-refractivity contribution < 1.29 is 8.78 Å². The van der Waals surface area contributed by atoms with Gasteiger partial charge in [0, 0.05) is 17.6 Å². The molecule has 0 fully saturated rings. The van der Waals surface area contributed by atoms with Gasteiger partial charge in [0.2, 0.25) is 0 Å². The highest BCUT2D eigenvalue weighted by Gasteiger charge is 2.09. The summed E-state index contributed by atoms with van der Waals surface area (Å²) < 4.78 is 26.0. The number of benzene rings is 1. The Morgan fingerprint density at radius 3 is 2.77 bits per heavy atom. The number of nitrogen functional groups attached to an aromatic ring is 1. The molecular weight excluding hydrogens is 174 g/mol. The Hall–Kier alpha value is -1.71. The first kappa shape index (κ1) is 7.91. The lowest BCUT2D eigenvalue weighted by atomic mass is 10.2. The topological polar surface area (TPSA) is 38.9 Å². The average Bonchev–Trinajstić information content (AvgIpc) is 2.15. The van der Waals surface area contributed by atoms with Crippen molar-refractivity contribution >= 4 is 16.6 Å². The van der Waals surface area contributed by atoms with Crippen molar-refractivity contribution in [3.05, 3.63) is 36.0 Å². The Morgan fingerprint density at radius 1 is 1.23 bits per heavy atom. The molecule has 0 bridgehead atoms. The fraction of sp³-hybridized carbons (Fsp3) is 0. The molecule has 0 atom stereocenters. The molecule has 0 radical (unpaired) electrons. The number of hydrogen-bond acceptors (Lipinski definition) is 2. The van der Waals surface area contributed by atoms with Crippen LogP contribution < -0.4 is 5.73 Å². The first-order chi connectivity index (χ1) is 6.20. The standard InChI is InChI=1S/C9H6F2N2/c10-6-4-7(11)8(12)9-5(6)2-1-3-13-9/h1-4H,12H2. The van der Waals surface area contributed by atoms with Crippen LogP contribution in [0.3, 0.4) is 0 Å². The second kappa shape index (κ2) is 2.65. The lowest BCUT2D eigenvalue weighted by molar-refractivity contribution is 0.594. The van der Waals surface area contributed by atoms with E-state index in [0.717, 1.165) is 6.07 Å². The van der Waals surface area contributed by atoms with E-state index in [-0.39, 0.29) is 16.6 Å². The molecule has 0 amide bonds. The summed E-state index contributed by atoms with van der Waals surface area (Å²) in [5, 5.41) is 0.237. The smallest absolute Gasteiger partial charge is 0.151 e. The van der Waals surface area contributed by atoms with Crippen LogP contribution in [-0.2, 0) is 0 Å². The van der Waals surface area contributed by atoms with Crippen molar-refractivity contribution in [2.45, 2.75) is 0 Å². The van der Waals surface area contributed by atoms with Gasteiger partial charge in [0.1, 0.15) is 5.82 Å². The van der Waals surface area contributed by atoms with Crippen LogP contribution in [0.15, 0.2) is 24.4 Å². The largest absolute Gasteiger partial charge is 0.395 e. The van der Waals surface area contributed by atoms with Crippen LogP contribution in [0.25, 0.3) is 10.9 Å². The predicted octanol–water partition coefficient (Wildman–Crippen LogP) is 2.10. The van der Waals surface area contributed by atoms with Crippen molar-refractivity contribution in [1.82, 2.24) is 4.98 Å². The SMILES string of the molecule is Nc1c(F)cc(F)c2cccnc12. The maximum Gasteiger partial charge on any atom is 0.151 e. The molecule has 0 aliphatic carbocycles. The number of rotatable bonds is 0. The molecule has 13 heavy (non-hydrogen) atoms. The highest BCUT2D eigenvalue weighted by atomic mass is 19.1. The van der Waals surface area contributed by atoms with Gasteiger partial charge in [-0.1, -0.05) is 0 Å². The number of anilines is 1. The molecule has 4 heteroatoms. The Balaban J connectivity index is 2.97. The molecule has 2 aromatic rings. The highest BCUT2D eigenvalue weighted by molar-refractivity contribution is 5.89. The third-order valence-corrected chi connectivity index (χ3v) is 1.83. The Morgan fingerprint density at radius 2 is 2.00 bits per heavy atom. The molecule has 0 aliphatic rings. The van der Waals surface area contributed by atoms with Gasteiger partial charge in [-0.05, 0) is 12.1 Å². The van der Waals surface area contributed by atoms with Gasteiger partial charge in [0.25, 0.3) is 0 Å². The van der Waals surface area contributed by atoms with Crippen LogP contribution >= 0.6 is 0 Å². The zero-order chi connectivity index (χ0) is 9.42. The van der Waals surface area contributed by atoms with Gasteiger partial charge in [-0.25, -0.2) is 8.78 Å². The van der Waals surface area contributed by atoms with E-state index in [4.69, 9.17) is 5.73 Å². The second-order valence-electron chi connectivity index (χ2n) is 2.65. The van der Waals surface area contributed by atoms with E-state index in [9.17, 15) is 8.78 Å². The number of nitrogens with two attached hydrogens (primary N) is 1. The molecule has 66 valence electrons. The summed E-state index contributed by atoms with van der Waals surface area (Å²) in [4.78, 5) is 3.80. The minimum absolute atomic E-state index is 0.114. The summed E-state index contributed by atoms with van der Waals surface area (Å²) >= 11 is 0. The number of fused-ring (bicyclic) bond motifs is 1. The molecule has 0 spiro atoms. The molecule has 0 unspecified atom stereocenters. The van der Waals surface area contributed by atoms with Gasteiger partial charge < -0.3 is 5.73 Å². The van der Waals surface area contributed by atoms with E-state index in [2.05, 4.69) is 4.98 Å². The molecule has 0 saturated heterocycles. The number of aromatic nitrogens is 1. The van der Waals surface area contributed by atoms with Crippen LogP contribution in [0, 0.1) is 11.6 Å². The maximum atomic E-state index is 13.1. The van der Waals surface area contributed by atoms with Gasteiger partial charge >= 0.3 is 0 Å². The summed E-state index contributed by atoms with van der Waals surface area (Å²) in [5.41, 5.74) is 5.44. The number of nitrogens with zero attached hydrogens (tertiary/aromatic N) is 1. The van der Waals surface area contributed by atoms with Gasteiger partial charge in [0.05, 0.1) is 11.2 Å². The summed E-state index contributed by atoms with van der Waals surface area (Å²) in [6, 6.07) is 3.84. The summed E-state index contributed by atoms with van der Waals surface area (Å²) in [7, 11) is 0. The van der Waals surface area contributed by atoms with Gasteiger partial charge in [-0.2, -0.15) is 0 Å². The molecule has 1 heterocycles. The Bertz CT molecular complexity index is 468. The van der Waals surface area contributed by atoms with E-state index in [1.165, 1.54) is 12.3 Å². The van der Waals surface area contributed by atoms with Crippen LogP contribution in [-0.4, -0.2) is 4.98 Å². The lowest BCUT2D eigenvalue weighted by Gasteiger charge is -2.02. The summed E-state index contributed by atoms with van der Waals surface area (Å²) in [5.74, 6) is -1.42. The zero-order valence-electron chi connectivity index (χ0n) is 6.59. The van der Waals surface area contributed by atoms with E-state index < -0.39 is 11.6 Å². The van der Waals surface area contributed by atoms with Gasteiger partial charge in [-0.3, -0.25) is 4.98 Å². The fourth-order valence-corrected chi connectivity index (χ4v) is 1.19. The zero-order valence-corrected chi connectivity index (χ0v) is 6.59. The van der Waals surface area contributed by atoms with Crippen molar-refractivity contribution in [1.29, 1.82) is 0 Å². The summed E-state index contributed by atoms with van der Waals surface area (Å²) in [6.45, 7) is 0. The van der Waals surface area contributed by atoms with E-state index in [1.54, 1.807) is 6.07 Å². The molecule has 2 nitrogen and oxygen atoms in total. The Kier molecular flexibility index (Phi) is 1.62. The number of pyridine rings is 1. The van der Waals surface area contributed by atoms with Crippen LogP contribution in [0.5, 0.6) is 0 Å². The first-order valence-electron chi connectivity index (χ1n) is 3.68. The fourth-order valence-electron chi connectivity index (χ4n) is 1.19. The minimum Gasteiger partial charge on any atom is -0.395 e. The third-order valence-electron chi connectivity index (χ3n) is 1.83. The molecule has 0 aliphatic heterocycles. The van der Waals surface area contributed by atoms with Gasteiger partial charge in [0.15, 0.2) is 5.82 Å². The normalized spacial score (nSPS) is 10.6. The van der Waals surface area contributed by atoms with Crippen molar-refractivity contribution in [3.63, 3.8) is 0 Å². The third kappa shape index (κ3) is 1.11. The van der Waals surface area contributed by atoms with E-state index >= 15 is 0 Å². The van der Waals surface area contributed by atoms with E-state index in [1.807, 2.05) is 0 Å². The van der Waals surface area contributed by atoms with Crippen LogP contribution in [0.1, 0.15) is 0 Å². The molecule has 2 rings (SSSR count). The van der Waals surface area contributed by atoms with Crippen molar-refractivity contribution in [3.8, 4) is 0 Å². The molecule has 2 N–H and O–H groups in total. The number of halogens is 2. The summed E-state index contributed by atoms with van der Waals surface area (Å²) in [6.07, 6.45) is 1.44. The van der Waals surface area contributed by atoms with Crippen LogP contribution in [0.4, 0.5) is 14.5 Å². The van der Waals surface area contributed by atoms with E-state index in [0.29, 0.717) is 0 Å². The van der Waals surface area contributed by atoms with Crippen molar-refractivity contribution in [2.24, 2.45) is 0 Å². The maximum absolute atomic E-state index is 13.1. The average molecular weight is 180 g/mol. The molecule has 1 aromatic heterocycles. The van der Waals surface area contributed by atoms with Gasteiger partial charge in [-0.15, -0.1) is 0 Å². The van der Waals surface area contributed by atoms with Crippen LogP contribution in [0.2, 0.25) is 0 Å². The Labute approximate surface area is 73.0 Å². The van der Waals surface area contributed by atoms with Crippen molar-refractivity contribution in [2.75, 3.05) is 5.73 Å². The predicted molar refractivity (Wildman–Crippen MR) is 46.1 cm³/mol. The highest BCUT2D eigenvalue weighted by Crippen LogP contribution is 2.24. The monoisotopic (exact) mass is 180 g/mol. The molecule has 0 saturated carbocycles.